The largest absolute Gasteiger partial charge is 0.445 e. The maximum absolute atomic E-state index is 12.3. The number of nitrogens with zero attached hydrogens (tertiary/aromatic N) is 3. The molecule has 0 N–H and O–H groups in total. The zero-order chi connectivity index (χ0) is 15.7. The molecule has 2 aromatic rings. The fraction of sp³-hybridized carbons (Fsp3) is 0.375. The van der Waals surface area contributed by atoms with E-state index in [4.69, 9.17) is 4.74 Å². The number of fused-ring (bicyclic) bond motifs is 1. The molecular weight excluding hydrogens is 346 g/mol. The summed E-state index contributed by atoms with van der Waals surface area (Å²) in [6.45, 7) is 5.58. The second-order valence-corrected chi connectivity index (χ2v) is 6.16. The van der Waals surface area contributed by atoms with Gasteiger partial charge in [0.2, 0.25) is 0 Å². The number of imidazole rings is 1. The molecule has 0 radical (unpaired) electrons. The minimum Gasteiger partial charge on any atom is -0.445 e. The maximum atomic E-state index is 12.3. The van der Waals surface area contributed by atoms with Gasteiger partial charge in [0.25, 0.3) is 0 Å². The van der Waals surface area contributed by atoms with Crippen molar-refractivity contribution in [2.75, 3.05) is 6.54 Å². The molecule has 0 bridgehead atoms. The molecule has 3 rings (SSSR count). The maximum Gasteiger partial charge on any atom is 0.410 e. The summed E-state index contributed by atoms with van der Waals surface area (Å²) in [5.74, 6) is 0.896. The summed E-state index contributed by atoms with van der Waals surface area (Å²) >= 11 is 3.55. The molecular formula is C16H18BrN3O2. The Hall–Kier alpha value is -1.82. The number of aromatic nitrogens is 2. The Morgan fingerprint density at radius 3 is 2.82 bits per heavy atom. The van der Waals surface area contributed by atoms with Crippen molar-refractivity contribution in [2.45, 2.75) is 33.0 Å². The normalized spacial score (nSPS) is 17.2. The zero-order valence-electron chi connectivity index (χ0n) is 12.6. The third-order valence-corrected chi connectivity index (χ3v) is 4.94. The number of benzene rings is 1. The van der Waals surface area contributed by atoms with Gasteiger partial charge in [-0.05, 0) is 35.3 Å². The van der Waals surface area contributed by atoms with E-state index in [1.54, 1.807) is 4.90 Å². The summed E-state index contributed by atoms with van der Waals surface area (Å²) in [6, 6.07) is 9.60. The molecule has 1 unspecified atom stereocenters. The van der Waals surface area contributed by atoms with Crippen LogP contribution in [0, 0.1) is 6.92 Å². The first kappa shape index (κ1) is 15.1. The van der Waals surface area contributed by atoms with Gasteiger partial charge < -0.3 is 9.30 Å². The summed E-state index contributed by atoms with van der Waals surface area (Å²) in [4.78, 5) is 18.6. The van der Waals surface area contributed by atoms with E-state index in [9.17, 15) is 4.79 Å². The molecule has 1 aromatic heterocycles. The molecule has 0 saturated carbocycles. The molecule has 1 aliphatic rings. The number of ether oxygens (including phenoxy) is 1. The van der Waals surface area contributed by atoms with Crippen molar-refractivity contribution in [3.05, 3.63) is 52.0 Å². The van der Waals surface area contributed by atoms with Crippen LogP contribution >= 0.6 is 15.9 Å². The fourth-order valence-corrected chi connectivity index (χ4v) is 3.15. The van der Waals surface area contributed by atoms with Crippen molar-refractivity contribution in [3.63, 3.8) is 0 Å². The van der Waals surface area contributed by atoms with Crippen LogP contribution in [0.2, 0.25) is 0 Å². The van der Waals surface area contributed by atoms with Crippen LogP contribution in [-0.2, 0) is 17.9 Å². The van der Waals surface area contributed by atoms with E-state index < -0.39 is 0 Å². The quantitative estimate of drug-likeness (QED) is 0.817. The number of halogens is 1. The van der Waals surface area contributed by atoms with E-state index in [0.717, 1.165) is 28.2 Å². The van der Waals surface area contributed by atoms with E-state index >= 15 is 0 Å². The van der Waals surface area contributed by atoms with Gasteiger partial charge in [-0.25, -0.2) is 9.78 Å². The van der Waals surface area contributed by atoms with E-state index in [2.05, 4.69) is 25.5 Å². The highest BCUT2D eigenvalue weighted by Crippen LogP contribution is 2.30. The molecule has 1 amide bonds. The predicted octanol–water partition coefficient (Wildman–Crippen LogP) is 3.67. The van der Waals surface area contributed by atoms with Crippen LogP contribution in [0.25, 0.3) is 0 Å². The van der Waals surface area contributed by atoms with Crippen molar-refractivity contribution < 1.29 is 9.53 Å². The molecule has 1 aromatic carbocycles. The number of hydrogen-bond donors (Lipinski definition) is 0. The average Bonchev–Trinajstić information content (AvgIpc) is 2.83. The van der Waals surface area contributed by atoms with Crippen molar-refractivity contribution >= 4 is 22.0 Å². The van der Waals surface area contributed by atoms with Gasteiger partial charge in [-0.3, -0.25) is 4.90 Å². The smallest absolute Gasteiger partial charge is 0.410 e. The average molecular weight is 364 g/mol. The summed E-state index contributed by atoms with van der Waals surface area (Å²) in [6.07, 6.45) is -0.292. The third kappa shape index (κ3) is 2.75. The van der Waals surface area contributed by atoms with Gasteiger partial charge in [-0.15, -0.1) is 0 Å². The second kappa shape index (κ2) is 6.12. The highest BCUT2D eigenvalue weighted by Gasteiger charge is 2.31. The van der Waals surface area contributed by atoms with Crippen LogP contribution in [0.3, 0.4) is 0 Å². The minimum atomic E-state index is -0.292. The Labute approximate surface area is 138 Å². The monoisotopic (exact) mass is 363 g/mol. The molecule has 0 spiro atoms. The first-order valence-corrected chi connectivity index (χ1v) is 8.07. The van der Waals surface area contributed by atoms with Gasteiger partial charge in [-0.2, -0.15) is 0 Å². The summed E-state index contributed by atoms with van der Waals surface area (Å²) < 4.78 is 8.53. The van der Waals surface area contributed by atoms with Gasteiger partial charge in [-0.1, -0.05) is 30.3 Å². The standard InChI is InChI=1S/C16H18BrN3O2/c1-11-14(17)20-9-8-19(12(2)15(20)18-11)16(21)22-10-13-6-4-3-5-7-13/h3-7,12H,8-10H2,1-2H3. The van der Waals surface area contributed by atoms with Gasteiger partial charge in [0, 0.05) is 13.1 Å². The van der Waals surface area contributed by atoms with E-state index in [0.29, 0.717) is 13.2 Å². The molecule has 116 valence electrons. The summed E-state index contributed by atoms with van der Waals surface area (Å²) in [5, 5.41) is 0. The number of amides is 1. The van der Waals surface area contributed by atoms with Crippen LogP contribution in [0.5, 0.6) is 0 Å². The lowest BCUT2D eigenvalue weighted by Crippen LogP contribution is -2.41. The van der Waals surface area contributed by atoms with Gasteiger partial charge in [0.05, 0.1) is 11.7 Å². The van der Waals surface area contributed by atoms with Crippen LogP contribution in [-0.4, -0.2) is 27.1 Å². The zero-order valence-corrected chi connectivity index (χ0v) is 14.2. The number of carbonyl (C=O) groups excluding carboxylic acids is 1. The Balaban J connectivity index is 1.69. The number of carbonyl (C=O) groups is 1. The molecule has 1 aliphatic heterocycles. The number of rotatable bonds is 2. The first-order valence-electron chi connectivity index (χ1n) is 7.27. The van der Waals surface area contributed by atoms with Gasteiger partial charge in [0.15, 0.2) is 0 Å². The molecule has 2 heterocycles. The molecule has 0 aliphatic carbocycles. The molecule has 0 saturated heterocycles. The Bertz CT molecular complexity index is 684. The lowest BCUT2D eigenvalue weighted by Gasteiger charge is -2.33. The lowest BCUT2D eigenvalue weighted by atomic mass is 10.2. The third-order valence-electron chi connectivity index (χ3n) is 3.94. The summed E-state index contributed by atoms with van der Waals surface area (Å²) in [5.41, 5.74) is 1.93. The van der Waals surface area contributed by atoms with Crippen LogP contribution in [0.15, 0.2) is 34.9 Å². The van der Waals surface area contributed by atoms with Crippen LogP contribution in [0.1, 0.15) is 30.0 Å². The van der Waals surface area contributed by atoms with E-state index in [1.165, 1.54) is 0 Å². The molecule has 0 fully saturated rings. The van der Waals surface area contributed by atoms with Gasteiger partial charge >= 0.3 is 6.09 Å². The molecule has 5 nitrogen and oxygen atoms in total. The molecule has 22 heavy (non-hydrogen) atoms. The summed E-state index contributed by atoms with van der Waals surface area (Å²) in [7, 11) is 0. The first-order chi connectivity index (χ1) is 10.6. The molecule has 1 atom stereocenters. The van der Waals surface area contributed by atoms with E-state index in [1.807, 2.05) is 44.2 Å². The predicted molar refractivity (Wildman–Crippen MR) is 86.4 cm³/mol. The second-order valence-electron chi connectivity index (χ2n) is 5.41. The van der Waals surface area contributed by atoms with Crippen molar-refractivity contribution in [1.29, 1.82) is 0 Å². The minimum absolute atomic E-state index is 0.0953. The SMILES string of the molecule is Cc1nc2n(c1Br)CCN(C(=O)OCc1ccccc1)C2C. The topological polar surface area (TPSA) is 47.4 Å². The van der Waals surface area contributed by atoms with Crippen LogP contribution < -0.4 is 0 Å². The fourth-order valence-electron chi connectivity index (χ4n) is 2.70. The Kier molecular flexibility index (Phi) is 4.20. The van der Waals surface area contributed by atoms with Crippen molar-refractivity contribution in [1.82, 2.24) is 14.5 Å². The van der Waals surface area contributed by atoms with Crippen LogP contribution in [0.4, 0.5) is 4.79 Å². The van der Waals surface area contributed by atoms with E-state index in [-0.39, 0.29) is 12.1 Å². The highest BCUT2D eigenvalue weighted by atomic mass is 79.9. The van der Waals surface area contributed by atoms with Crippen molar-refractivity contribution in [3.8, 4) is 0 Å². The number of hydrogen-bond acceptors (Lipinski definition) is 3. The van der Waals surface area contributed by atoms with Gasteiger partial charge in [0.1, 0.15) is 17.0 Å². The molecule has 6 heteroatoms. The number of aryl methyl sites for hydroxylation is 1. The van der Waals surface area contributed by atoms with Crippen molar-refractivity contribution in [2.24, 2.45) is 0 Å². The Morgan fingerprint density at radius 2 is 2.09 bits per heavy atom. The highest BCUT2D eigenvalue weighted by molar-refractivity contribution is 9.10. The lowest BCUT2D eigenvalue weighted by molar-refractivity contribution is 0.0724. The Morgan fingerprint density at radius 1 is 1.36 bits per heavy atom.